The number of hydrogen-bond acceptors (Lipinski definition) is 4. The molecule has 0 atom stereocenters. The molecule has 0 amide bonds. The van der Waals surface area contributed by atoms with Gasteiger partial charge in [-0.05, 0) is 48.2 Å². The monoisotopic (exact) mass is 393 g/mol. The van der Waals surface area contributed by atoms with Crippen LogP contribution in [0.25, 0.3) is 39.5 Å². The number of allylic oxidation sites excluding steroid dienone is 1. The van der Waals surface area contributed by atoms with Crippen LogP contribution in [0.3, 0.4) is 0 Å². The van der Waals surface area contributed by atoms with Gasteiger partial charge in [-0.2, -0.15) is 0 Å². The Labute approximate surface area is 176 Å². The minimum atomic E-state index is 0.0167. The summed E-state index contributed by atoms with van der Waals surface area (Å²) in [6.07, 6.45) is 1.79. The molecule has 0 aliphatic carbocycles. The molecule has 0 aliphatic heterocycles. The van der Waals surface area contributed by atoms with Crippen molar-refractivity contribution >= 4 is 5.57 Å². The molecule has 0 fully saturated rings. The van der Waals surface area contributed by atoms with Gasteiger partial charge >= 0.3 is 0 Å². The zero-order valence-electron chi connectivity index (χ0n) is 17.1. The summed E-state index contributed by atoms with van der Waals surface area (Å²) in [7, 11) is 0. The highest BCUT2D eigenvalue weighted by Crippen LogP contribution is 2.26. The molecular weight excluding hydrogens is 370 g/mol. The summed E-state index contributed by atoms with van der Waals surface area (Å²) in [5, 5.41) is 9.18. The van der Waals surface area contributed by atoms with Crippen molar-refractivity contribution in [2.45, 2.75) is 13.8 Å². The molecule has 4 heteroatoms. The summed E-state index contributed by atoms with van der Waals surface area (Å²) in [5.41, 5.74) is 6.21. The molecule has 4 nitrogen and oxygen atoms in total. The first-order valence-electron chi connectivity index (χ1n) is 9.91. The Morgan fingerprint density at radius 1 is 0.733 bits per heavy atom. The second kappa shape index (κ2) is 8.80. The van der Waals surface area contributed by atoms with Gasteiger partial charge in [0.2, 0.25) is 0 Å². The Morgan fingerprint density at radius 3 is 2.03 bits per heavy atom. The third-order valence-electron chi connectivity index (χ3n) is 4.95. The quantitative estimate of drug-likeness (QED) is 0.481. The Bertz CT molecular complexity index is 1200. The van der Waals surface area contributed by atoms with E-state index in [-0.39, 0.29) is 6.61 Å². The van der Waals surface area contributed by atoms with Gasteiger partial charge in [0.15, 0.2) is 11.6 Å². The predicted molar refractivity (Wildman–Crippen MR) is 122 cm³/mol. The molecule has 1 heterocycles. The fourth-order valence-electron chi connectivity index (χ4n) is 3.37. The van der Waals surface area contributed by atoms with Crippen LogP contribution in [0.5, 0.6) is 0 Å². The maximum absolute atomic E-state index is 9.18. The fraction of sp³-hybridized carbons (Fsp3) is 0.115. The van der Waals surface area contributed by atoms with E-state index in [4.69, 9.17) is 4.98 Å². The van der Waals surface area contributed by atoms with Crippen molar-refractivity contribution in [1.82, 2.24) is 15.0 Å². The standard InChI is InChI=1S/C26H23N3O/c1-18(14-15-30)21-10-6-12-23(16-21)25-27-19(2)28-26(29-25)24-13-7-11-22(17-24)20-8-4-3-5-9-20/h3-14,16-17,30H,15H2,1-2H3/b18-14+. The lowest BCUT2D eigenvalue weighted by Crippen LogP contribution is -2.00. The number of aromatic nitrogens is 3. The van der Waals surface area contributed by atoms with Crippen LogP contribution in [0.2, 0.25) is 0 Å². The number of benzene rings is 3. The zero-order valence-corrected chi connectivity index (χ0v) is 17.1. The highest BCUT2D eigenvalue weighted by molar-refractivity contribution is 5.72. The molecule has 1 aromatic heterocycles. The minimum Gasteiger partial charge on any atom is -0.392 e. The van der Waals surface area contributed by atoms with Crippen molar-refractivity contribution < 1.29 is 5.11 Å². The molecule has 0 saturated heterocycles. The van der Waals surface area contributed by atoms with E-state index in [1.54, 1.807) is 6.08 Å². The van der Waals surface area contributed by atoms with Gasteiger partial charge < -0.3 is 5.11 Å². The topological polar surface area (TPSA) is 58.9 Å². The number of aliphatic hydroxyl groups excluding tert-OH is 1. The average molecular weight is 393 g/mol. The summed E-state index contributed by atoms with van der Waals surface area (Å²) in [6, 6.07) is 26.6. The van der Waals surface area contributed by atoms with E-state index in [0.717, 1.165) is 33.4 Å². The van der Waals surface area contributed by atoms with Crippen molar-refractivity contribution in [3.05, 3.63) is 96.3 Å². The van der Waals surface area contributed by atoms with Crippen LogP contribution in [0.1, 0.15) is 18.3 Å². The van der Waals surface area contributed by atoms with Crippen LogP contribution >= 0.6 is 0 Å². The van der Waals surface area contributed by atoms with Gasteiger partial charge in [-0.3, -0.25) is 0 Å². The highest BCUT2D eigenvalue weighted by atomic mass is 16.2. The van der Waals surface area contributed by atoms with Gasteiger partial charge in [0.05, 0.1) is 6.61 Å². The molecule has 3 aromatic carbocycles. The molecule has 4 rings (SSSR count). The Morgan fingerprint density at radius 2 is 1.33 bits per heavy atom. The minimum absolute atomic E-state index is 0.0167. The molecule has 0 spiro atoms. The van der Waals surface area contributed by atoms with Gasteiger partial charge in [-0.1, -0.05) is 72.8 Å². The molecule has 148 valence electrons. The summed E-state index contributed by atoms with van der Waals surface area (Å²) in [6.45, 7) is 3.88. The fourth-order valence-corrected chi connectivity index (χ4v) is 3.37. The molecule has 0 bridgehead atoms. The first-order chi connectivity index (χ1) is 14.6. The molecule has 30 heavy (non-hydrogen) atoms. The van der Waals surface area contributed by atoms with E-state index in [1.807, 2.05) is 68.4 Å². The van der Waals surface area contributed by atoms with Gasteiger partial charge in [-0.25, -0.2) is 15.0 Å². The number of aryl methyl sites for hydroxylation is 1. The van der Waals surface area contributed by atoms with Crippen molar-refractivity contribution in [2.24, 2.45) is 0 Å². The number of rotatable bonds is 5. The third kappa shape index (κ3) is 4.34. The highest BCUT2D eigenvalue weighted by Gasteiger charge is 2.10. The van der Waals surface area contributed by atoms with Crippen molar-refractivity contribution in [2.75, 3.05) is 6.61 Å². The lowest BCUT2D eigenvalue weighted by molar-refractivity contribution is 0.343. The van der Waals surface area contributed by atoms with Crippen molar-refractivity contribution in [3.63, 3.8) is 0 Å². The van der Waals surface area contributed by atoms with Gasteiger partial charge in [-0.15, -0.1) is 0 Å². The summed E-state index contributed by atoms with van der Waals surface area (Å²) >= 11 is 0. The molecule has 0 radical (unpaired) electrons. The molecular formula is C26H23N3O. The second-order valence-electron chi connectivity index (χ2n) is 7.13. The van der Waals surface area contributed by atoms with Gasteiger partial charge in [0.25, 0.3) is 0 Å². The van der Waals surface area contributed by atoms with Crippen molar-refractivity contribution in [1.29, 1.82) is 0 Å². The Balaban J connectivity index is 1.75. The number of nitrogens with zero attached hydrogens (tertiary/aromatic N) is 3. The molecule has 1 N–H and O–H groups in total. The lowest BCUT2D eigenvalue weighted by Gasteiger charge is -2.09. The van der Waals surface area contributed by atoms with Crippen LogP contribution in [0, 0.1) is 6.92 Å². The normalized spacial score (nSPS) is 11.5. The van der Waals surface area contributed by atoms with E-state index in [0.29, 0.717) is 17.5 Å². The Kier molecular flexibility index (Phi) is 5.77. The number of hydrogen-bond donors (Lipinski definition) is 1. The molecule has 0 aliphatic rings. The molecule has 4 aromatic rings. The molecule has 0 unspecified atom stereocenters. The Hall–Kier alpha value is -3.63. The van der Waals surface area contributed by atoms with E-state index in [1.165, 1.54) is 0 Å². The maximum atomic E-state index is 9.18. The van der Waals surface area contributed by atoms with Crippen molar-refractivity contribution in [3.8, 4) is 33.9 Å². The first kappa shape index (κ1) is 19.7. The third-order valence-corrected chi connectivity index (χ3v) is 4.95. The smallest absolute Gasteiger partial charge is 0.163 e. The van der Waals surface area contributed by atoms with Crippen LogP contribution in [-0.2, 0) is 0 Å². The summed E-state index contributed by atoms with van der Waals surface area (Å²) < 4.78 is 0. The predicted octanol–water partition coefficient (Wildman–Crippen LogP) is 5.58. The van der Waals surface area contributed by atoms with Gasteiger partial charge in [0.1, 0.15) is 5.82 Å². The second-order valence-corrected chi connectivity index (χ2v) is 7.13. The largest absolute Gasteiger partial charge is 0.392 e. The van der Waals surface area contributed by atoms with E-state index in [2.05, 4.69) is 34.2 Å². The van der Waals surface area contributed by atoms with Crippen LogP contribution in [0.4, 0.5) is 0 Å². The average Bonchev–Trinajstić information content (AvgIpc) is 2.79. The summed E-state index contributed by atoms with van der Waals surface area (Å²) in [5.74, 6) is 1.97. The maximum Gasteiger partial charge on any atom is 0.163 e. The SMILES string of the molecule is C/C(=C\CO)c1cccc(-c2nc(C)nc(-c3cccc(-c4ccccc4)c3)n2)c1. The first-order valence-corrected chi connectivity index (χ1v) is 9.91. The zero-order chi connectivity index (χ0) is 20.9. The van der Waals surface area contributed by atoms with Crippen LogP contribution in [0.15, 0.2) is 84.9 Å². The lowest BCUT2D eigenvalue weighted by atomic mass is 10.0. The van der Waals surface area contributed by atoms with Crippen LogP contribution < -0.4 is 0 Å². The van der Waals surface area contributed by atoms with Crippen LogP contribution in [-0.4, -0.2) is 26.7 Å². The van der Waals surface area contributed by atoms with E-state index >= 15 is 0 Å². The van der Waals surface area contributed by atoms with E-state index in [9.17, 15) is 5.11 Å². The summed E-state index contributed by atoms with van der Waals surface area (Å²) in [4.78, 5) is 13.9. The number of aliphatic hydroxyl groups is 1. The molecule has 0 saturated carbocycles. The van der Waals surface area contributed by atoms with E-state index < -0.39 is 0 Å². The van der Waals surface area contributed by atoms with Gasteiger partial charge in [0, 0.05) is 11.1 Å².